The second-order valence-electron chi connectivity index (χ2n) is 28.5. The minimum Gasteiger partial charge on any atom is -0.872 e. The van der Waals surface area contributed by atoms with Crippen LogP contribution in [0, 0.1) is 20.8 Å². The Kier molecular flexibility index (Phi) is 24.1. The number of nitrogens with zero attached hydrogens (tertiary/aromatic N) is 3. The van der Waals surface area contributed by atoms with Crippen LogP contribution in [0.5, 0.6) is 11.5 Å². The van der Waals surface area contributed by atoms with E-state index in [0.29, 0.717) is 0 Å². The number of unbranched alkanes of at least 4 members (excludes halogenated alkanes) is 1. The van der Waals surface area contributed by atoms with E-state index in [1.807, 2.05) is 66.9 Å². The first-order chi connectivity index (χ1) is 55.0. The van der Waals surface area contributed by atoms with Crippen molar-refractivity contribution in [3.05, 3.63) is 410 Å². The number of aromatic nitrogens is 1. The molecule has 3 N–H and O–H groups in total. The second-order valence-corrected chi connectivity index (χ2v) is 28.5. The Morgan fingerprint density at radius 1 is 0.310 bits per heavy atom. The summed E-state index contributed by atoms with van der Waals surface area (Å²) in [5.74, 6) is 0.119. The van der Waals surface area contributed by atoms with E-state index >= 15 is 0 Å². The summed E-state index contributed by atoms with van der Waals surface area (Å²) in [5, 5.41) is 31.0. The van der Waals surface area contributed by atoms with Gasteiger partial charge in [0.15, 0.2) is 6.20 Å². The van der Waals surface area contributed by atoms with Crippen molar-refractivity contribution in [2.75, 3.05) is 28.3 Å². The molecule has 0 unspecified atom stereocenters. The van der Waals surface area contributed by atoms with Gasteiger partial charge in [-0.05, 0) is 266 Å². The molecule has 16 aromatic carbocycles. The van der Waals surface area contributed by atoms with E-state index in [-0.39, 0.29) is 21.6 Å². The molecule has 0 radical (unpaired) electrons. The number of nitrogens with two attached hydrogens (primary N) is 1. The summed E-state index contributed by atoms with van der Waals surface area (Å²) in [6.07, 6.45) is 8.82. The number of fused-ring (bicyclic) bond motifs is 4. The molecule has 0 aliphatic heterocycles. The van der Waals surface area contributed by atoms with Crippen molar-refractivity contribution in [2.45, 2.75) is 40.5 Å². The van der Waals surface area contributed by atoms with E-state index < -0.39 is 0 Å². The Morgan fingerprint density at radius 3 is 1.09 bits per heavy atom. The van der Waals surface area contributed by atoms with E-state index in [2.05, 4.69) is 369 Å². The van der Waals surface area contributed by atoms with Crippen molar-refractivity contribution < 1.29 is 20.5 Å². The van der Waals surface area contributed by atoms with E-state index in [9.17, 15) is 10.2 Å². The largest absolute Gasteiger partial charge is 2.00 e. The molecule has 0 spiro atoms. The van der Waals surface area contributed by atoms with Crippen LogP contribution in [-0.2, 0) is 0 Å². The number of pyridine rings is 1. The molecular formula is C105H89BeN5O2+2. The smallest absolute Gasteiger partial charge is 0.872 e. The first-order valence-electron chi connectivity index (χ1n) is 38.6. The van der Waals surface area contributed by atoms with Crippen LogP contribution in [0.15, 0.2) is 382 Å². The van der Waals surface area contributed by atoms with E-state index in [0.717, 1.165) is 150 Å². The topological polar surface area (TPSA) is 86.6 Å². The van der Waals surface area contributed by atoms with Gasteiger partial charge in [-0.25, -0.2) is 4.98 Å². The zero-order valence-electron chi connectivity index (χ0n) is 64.6. The molecule has 0 aliphatic carbocycles. The van der Waals surface area contributed by atoms with Crippen LogP contribution in [0.4, 0.5) is 51.2 Å². The van der Waals surface area contributed by atoms with Gasteiger partial charge in [-0.15, -0.1) is 5.75 Å². The fraction of sp³-hybridized carbons (Fsp3) is 0.0762. The van der Waals surface area contributed by atoms with Crippen LogP contribution in [0.3, 0.4) is 0 Å². The minimum absolute atomic E-state index is 0. The van der Waals surface area contributed by atoms with E-state index in [1.54, 1.807) is 18.2 Å². The SMILES string of the molecule is CCCC[NH2+]C.Cc1cccc(N(c2ccccc2)c2ccc(-c3cc(-c4ccc(N(c5ccccc5)c5cccc(C)c5)cc4)cc(-c4ccc(N(c5ccc(-c6ccc(C=Cc7ccc(-c8ccc([O-])c9ccccc89)cc7)cc6)cc5)c5cccc(C)c5)cc4)c3)cc2)c1.[Be+2].[O-]c1cccc2ccc3ccc[nH+]c3c12. The average Bonchev–Trinajstić information content (AvgIpc) is 0.795. The van der Waals surface area contributed by atoms with Gasteiger partial charge in [0.1, 0.15) is 0 Å². The molecule has 0 saturated heterocycles. The average molecular weight is 1460 g/mol. The third-order valence-electron chi connectivity index (χ3n) is 20.5. The maximum Gasteiger partial charge on any atom is 2.00 e. The van der Waals surface area contributed by atoms with Gasteiger partial charge in [0.25, 0.3) is 0 Å². The zero-order chi connectivity index (χ0) is 76.7. The molecule has 7 nitrogen and oxygen atoms in total. The molecule has 0 bridgehead atoms. The number of quaternary nitrogens is 1. The first kappa shape index (κ1) is 76.1. The van der Waals surface area contributed by atoms with Crippen LogP contribution in [0.25, 0.3) is 100 Å². The number of benzene rings is 16. The molecule has 1 aromatic heterocycles. The molecule has 0 atom stereocenters. The number of hydrogen-bond acceptors (Lipinski definition) is 5. The molecular weight excluding hydrogens is 1370 g/mol. The Balaban J connectivity index is 0.000000416. The van der Waals surface area contributed by atoms with Crippen LogP contribution < -0.4 is 35.2 Å². The van der Waals surface area contributed by atoms with Crippen molar-refractivity contribution >= 4 is 106 Å². The van der Waals surface area contributed by atoms with Gasteiger partial charge in [0.2, 0.25) is 5.52 Å². The number of hydrogen-bond donors (Lipinski definition) is 1. The number of anilines is 9. The monoisotopic (exact) mass is 1460 g/mol. The van der Waals surface area contributed by atoms with Gasteiger partial charge < -0.3 is 30.2 Å². The summed E-state index contributed by atoms with van der Waals surface area (Å²) in [7, 11) is 2.11. The molecule has 17 aromatic rings. The Morgan fingerprint density at radius 2 is 0.673 bits per heavy atom. The molecule has 0 amide bonds. The number of aryl methyl sites for hydroxylation is 3. The third kappa shape index (κ3) is 17.8. The summed E-state index contributed by atoms with van der Waals surface area (Å²) in [5.41, 5.74) is 27.8. The van der Waals surface area contributed by atoms with Crippen molar-refractivity contribution in [3.8, 4) is 67.1 Å². The Hall–Kier alpha value is -13.7. The molecule has 0 aliphatic rings. The van der Waals surface area contributed by atoms with Gasteiger partial charge in [0, 0.05) is 68.0 Å². The fourth-order valence-corrected chi connectivity index (χ4v) is 14.8. The van der Waals surface area contributed by atoms with E-state index in [1.165, 1.54) is 36.1 Å². The predicted octanol–water partition coefficient (Wildman–Crippen LogP) is 25.2. The van der Waals surface area contributed by atoms with Crippen molar-refractivity contribution in [1.29, 1.82) is 0 Å². The van der Waals surface area contributed by atoms with Crippen molar-refractivity contribution in [3.63, 3.8) is 0 Å². The Labute approximate surface area is 668 Å². The molecule has 0 saturated carbocycles. The zero-order valence-corrected chi connectivity index (χ0v) is 64.6. The molecule has 546 valence electrons. The van der Waals surface area contributed by atoms with Crippen LogP contribution in [0.1, 0.15) is 47.6 Å². The van der Waals surface area contributed by atoms with Gasteiger partial charge in [-0.1, -0.05) is 262 Å². The Bertz CT molecular complexity index is 5920. The normalized spacial score (nSPS) is 11.0. The number of nitrogens with one attached hydrogen (secondary N) is 1. The van der Waals surface area contributed by atoms with Crippen LogP contribution in [-0.4, -0.2) is 23.7 Å². The molecule has 1 heterocycles. The fourth-order valence-electron chi connectivity index (χ4n) is 14.8. The van der Waals surface area contributed by atoms with Crippen molar-refractivity contribution in [1.82, 2.24) is 0 Å². The summed E-state index contributed by atoms with van der Waals surface area (Å²) >= 11 is 0. The number of para-hydroxylation sites is 2. The summed E-state index contributed by atoms with van der Waals surface area (Å²) in [6.45, 7) is 9.95. The first-order valence-corrected chi connectivity index (χ1v) is 38.6. The van der Waals surface area contributed by atoms with Gasteiger partial charge >= 0.3 is 10.1 Å². The third-order valence-corrected chi connectivity index (χ3v) is 20.5. The molecule has 17 rings (SSSR count). The van der Waals surface area contributed by atoms with Crippen LogP contribution >= 0.6 is 0 Å². The van der Waals surface area contributed by atoms with E-state index in [4.69, 9.17) is 0 Å². The van der Waals surface area contributed by atoms with Crippen LogP contribution in [0.2, 0.25) is 0 Å². The van der Waals surface area contributed by atoms with Gasteiger partial charge in [-0.3, -0.25) is 0 Å². The maximum atomic E-state index is 12.5. The standard InChI is InChI=1S/C87H67N3O.C13H9NO.C5H13N.Be/c1-61-15-12-22-81(55-61)88(75-18-6-4-7-19-75)77-47-39-68(40-48-77)72-58-73(69-41-49-78(50-42-69)89(76-20-8-5-9-21-76)82-23-13-16-62(2)56-82)60-74(59-72)70-43-51-80(52-44-70)90(83-24-14-17-63(3)57-83)79-45-37-67(38-46-79)66-33-29-64(30-34-66)27-28-65-31-35-71(36-32-65)84-53-54-87(91)86-26-11-10-25-85(84)86;15-11-5-1-3-9-6-7-10-4-2-8-14-13(10)12(9)11;1-3-4-5-6-2;/h4-60,91H,1-3H3;1-8,15H;6H,3-5H2,1-2H3;/q;;;+2. The quantitative estimate of drug-likeness (QED) is 0.0377. The van der Waals surface area contributed by atoms with Gasteiger partial charge in [-0.2, -0.15) is 0 Å². The van der Waals surface area contributed by atoms with Crippen molar-refractivity contribution in [2.24, 2.45) is 0 Å². The predicted molar refractivity (Wildman–Crippen MR) is 475 cm³/mol. The number of rotatable bonds is 19. The molecule has 113 heavy (non-hydrogen) atoms. The second kappa shape index (κ2) is 35.8. The minimum atomic E-state index is 0. The number of aromatic amines is 1. The molecule has 0 fully saturated rings. The summed E-state index contributed by atoms with van der Waals surface area (Å²) in [6, 6.07) is 132. The number of H-pyrrole nitrogens is 1. The summed E-state index contributed by atoms with van der Waals surface area (Å²) < 4.78 is 0. The maximum absolute atomic E-state index is 12.5. The van der Waals surface area contributed by atoms with Gasteiger partial charge in [0.05, 0.1) is 13.6 Å². The summed E-state index contributed by atoms with van der Waals surface area (Å²) in [4.78, 5) is 10.1. The molecule has 8 heteroatoms.